The van der Waals surface area contributed by atoms with E-state index in [0.717, 1.165) is 32.8 Å². The van der Waals surface area contributed by atoms with Crippen molar-refractivity contribution in [3.8, 4) is 0 Å². The third-order valence-corrected chi connectivity index (χ3v) is 2.41. The zero-order valence-corrected chi connectivity index (χ0v) is 11.8. The maximum Gasteiger partial charge on any atom is 0.0599 e. The van der Waals surface area contributed by atoms with E-state index >= 15 is 0 Å². The van der Waals surface area contributed by atoms with Crippen LogP contribution in [-0.4, -0.2) is 49.8 Å². The van der Waals surface area contributed by atoms with Crippen molar-refractivity contribution in [1.82, 2.24) is 10.2 Å². The predicted molar refractivity (Wildman–Crippen MR) is 71.0 cm³/mol. The summed E-state index contributed by atoms with van der Waals surface area (Å²) in [5, 5.41) is 3.41. The molecule has 3 heteroatoms. The van der Waals surface area contributed by atoms with Crippen LogP contribution >= 0.6 is 0 Å². The number of nitrogens with zero attached hydrogens (tertiary/aromatic N) is 1. The Morgan fingerprint density at radius 1 is 1.06 bits per heavy atom. The molecule has 0 spiro atoms. The minimum atomic E-state index is -0.0145. The molecule has 0 aromatic rings. The molecule has 0 saturated carbocycles. The lowest BCUT2D eigenvalue weighted by Gasteiger charge is -2.21. The van der Waals surface area contributed by atoms with Gasteiger partial charge in [0.2, 0.25) is 0 Å². The Hall–Kier alpha value is -0.120. The predicted octanol–water partition coefficient (Wildman–Crippen LogP) is 2.12. The Bertz CT molecular complexity index is 155. The van der Waals surface area contributed by atoms with Crippen molar-refractivity contribution in [3.63, 3.8) is 0 Å². The smallest absolute Gasteiger partial charge is 0.0599 e. The number of hydrogen-bond acceptors (Lipinski definition) is 3. The second-order valence-corrected chi connectivity index (χ2v) is 5.15. The number of likely N-dealkylation sites (N-methyl/N-ethyl adjacent to an activating group) is 1. The van der Waals surface area contributed by atoms with Crippen molar-refractivity contribution in [2.45, 2.75) is 46.6 Å². The van der Waals surface area contributed by atoms with Crippen LogP contribution in [0.3, 0.4) is 0 Å². The lowest BCUT2D eigenvalue weighted by Crippen LogP contribution is -2.34. The highest BCUT2D eigenvalue weighted by atomic mass is 16.5. The van der Waals surface area contributed by atoms with E-state index in [2.05, 4.69) is 44.8 Å². The fourth-order valence-corrected chi connectivity index (χ4v) is 1.54. The molecule has 0 fully saturated rings. The highest BCUT2D eigenvalue weighted by Gasteiger charge is 2.08. The Kier molecular flexibility index (Phi) is 8.90. The number of hydrogen-bond donors (Lipinski definition) is 1. The van der Waals surface area contributed by atoms with E-state index in [-0.39, 0.29) is 5.60 Å². The highest BCUT2D eigenvalue weighted by Crippen LogP contribution is 2.04. The molecule has 0 amide bonds. The highest BCUT2D eigenvalue weighted by molar-refractivity contribution is 4.60. The van der Waals surface area contributed by atoms with Gasteiger partial charge >= 0.3 is 0 Å². The normalized spacial score (nSPS) is 12.4. The molecule has 0 atom stereocenters. The van der Waals surface area contributed by atoms with Crippen LogP contribution in [-0.2, 0) is 4.74 Å². The van der Waals surface area contributed by atoms with Gasteiger partial charge in [-0.3, -0.25) is 0 Å². The van der Waals surface area contributed by atoms with Gasteiger partial charge in [-0.1, -0.05) is 13.8 Å². The lowest BCUT2D eigenvalue weighted by atomic mass is 10.2. The second-order valence-electron chi connectivity index (χ2n) is 5.15. The summed E-state index contributed by atoms with van der Waals surface area (Å²) in [5.74, 6) is 0. The zero-order valence-electron chi connectivity index (χ0n) is 11.8. The van der Waals surface area contributed by atoms with Gasteiger partial charge in [-0.15, -0.1) is 0 Å². The van der Waals surface area contributed by atoms with Gasteiger partial charge in [0.1, 0.15) is 0 Å². The van der Waals surface area contributed by atoms with Gasteiger partial charge in [0, 0.05) is 19.6 Å². The van der Waals surface area contributed by atoms with Gasteiger partial charge in [-0.25, -0.2) is 0 Å². The SMILES string of the molecule is CCCN(CC)CCNCCOC(C)(C)C. The molecule has 3 nitrogen and oxygen atoms in total. The molecule has 0 aliphatic carbocycles. The van der Waals surface area contributed by atoms with E-state index in [4.69, 9.17) is 4.74 Å². The average molecular weight is 230 g/mol. The quantitative estimate of drug-likeness (QED) is 0.614. The molecule has 0 aromatic carbocycles. The molecule has 0 aliphatic heterocycles. The first-order valence-electron chi connectivity index (χ1n) is 6.56. The number of nitrogens with one attached hydrogen (secondary N) is 1. The fraction of sp³-hybridized carbons (Fsp3) is 1.00. The summed E-state index contributed by atoms with van der Waals surface area (Å²) < 4.78 is 5.63. The van der Waals surface area contributed by atoms with E-state index in [1.807, 2.05) is 0 Å². The first-order valence-corrected chi connectivity index (χ1v) is 6.56. The molecule has 0 saturated heterocycles. The van der Waals surface area contributed by atoms with E-state index in [1.54, 1.807) is 0 Å². The van der Waals surface area contributed by atoms with E-state index in [0.29, 0.717) is 0 Å². The molecular formula is C13H30N2O. The second kappa shape index (κ2) is 8.97. The molecule has 0 aromatic heterocycles. The lowest BCUT2D eigenvalue weighted by molar-refractivity contribution is -0.000872. The average Bonchev–Trinajstić information content (AvgIpc) is 2.20. The molecule has 0 heterocycles. The summed E-state index contributed by atoms with van der Waals surface area (Å²) in [4.78, 5) is 2.47. The van der Waals surface area contributed by atoms with Crippen LogP contribution in [0, 0.1) is 0 Å². The Balaban J connectivity index is 3.32. The van der Waals surface area contributed by atoms with Crippen LogP contribution in [0.15, 0.2) is 0 Å². The summed E-state index contributed by atoms with van der Waals surface area (Å²) in [6.07, 6.45) is 1.24. The van der Waals surface area contributed by atoms with Crippen molar-refractivity contribution in [2.24, 2.45) is 0 Å². The summed E-state index contributed by atoms with van der Waals surface area (Å²) in [7, 11) is 0. The first-order chi connectivity index (χ1) is 7.49. The largest absolute Gasteiger partial charge is 0.375 e. The van der Waals surface area contributed by atoms with Crippen LogP contribution in [0.5, 0.6) is 0 Å². The van der Waals surface area contributed by atoms with Crippen LogP contribution in [0.1, 0.15) is 41.0 Å². The maximum atomic E-state index is 5.63. The van der Waals surface area contributed by atoms with Crippen molar-refractivity contribution < 1.29 is 4.74 Å². The number of ether oxygens (including phenoxy) is 1. The van der Waals surface area contributed by atoms with Gasteiger partial charge in [-0.2, -0.15) is 0 Å². The van der Waals surface area contributed by atoms with Crippen LogP contribution < -0.4 is 5.32 Å². The summed E-state index contributed by atoms with van der Waals surface area (Å²) in [6.45, 7) is 17.0. The summed E-state index contributed by atoms with van der Waals surface area (Å²) >= 11 is 0. The molecule has 98 valence electrons. The summed E-state index contributed by atoms with van der Waals surface area (Å²) in [5.41, 5.74) is -0.0145. The van der Waals surface area contributed by atoms with Crippen molar-refractivity contribution in [2.75, 3.05) is 39.3 Å². The van der Waals surface area contributed by atoms with Crippen molar-refractivity contribution in [3.05, 3.63) is 0 Å². The number of rotatable bonds is 9. The standard InChI is InChI=1S/C13H30N2O/c1-6-10-15(7-2)11-8-14-9-12-16-13(3,4)5/h14H,6-12H2,1-5H3. The molecule has 0 unspecified atom stereocenters. The maximum absolute atomic E-state index is 5.63. The fourth-order valence-electron chi connectivity index (χ4n) is 1.54. The topological polar surface area (TPSA) is 24.5 Å². The van der Waals surface area contributed by atoms with Crippen LogP contribution in [0.25, 0.3) is 0 Å². The van der Waals surface area contributed by atoms with Gasteiger partial charge in [0.15, 0.2) is 0 Å². The van der Waals surface area contributed by atoms with Gasteiger partial charge in [-0.05, 0) is 40.3 Å². The first kappa shape index (κ1) is 15.9. The van der Waals surface area contributed by atoms with E-state index in [9.17, 15) is 0 Å². The van der Waals surface area contributed by atoms with E-state index in [1.165, 1.54) is 13.0 Å². The molecule has 0 radical (unpaired) electrons. The third kappa shape index (κ3) is 10.4. The van der Waals surface area contributed by atoms with Gasteiger partial charge in [0.25, 0.3) is 0 Å². The molecule has 1 N–H and O–H groups in total. The van der Waals surface area contributed by atoms with Crippen LogP contribution in [0.4, 0.5) is 0 Å². The Morgan fingerprint density at radius 2 is 1.75 bits per heavy atom. The Morgan fingerprint density at radius 3 is 2.25 bits per heavy atom. The summed E-state index contributed by atoms with van der Waals surface area (Å²) in [6, 6.07) is 0. The Labute approximate surface area is 102 Å². The van der Waals surface area contributed by atoms with Crippen molar-refractivity contribution >= 4 is 0 Å². The van der Waals surface area contributed by atoms with Gasteiger partial charge < -0.3 is 15.0 Å². The monoisotopic (exact) mass is 230 g/mol. The zero-order chi connectivity index (χ0) is 12.4. The minimum Gasteiger partial charge on any atom is -0.375 e. The molecule has 0 aliphatic rings. The van der Waals surface area contributed by atoms with Crippen LogP contribution in [0.2, 0.25) is 0 Å². The van der Waals surface area contributed by atoms with Gasteiger partial charge in [0.05, 0.1) is 12.2 Å². The molecule has 0 rings (SSSR count). The van der Waals surface area contributed by atoms with Crippen molar-refractivity contribution in [1.29, 1.82) is 0 Å². The molecular weight excluding hydrogens is 200 g/mol. The third-order valence-electron chi connectivity index (χ3n) is 2.41. The molecule has 16 heavy (non-hydrogen) atoms. The van der Waals surface area contributed by atoms with E-state index < -0.39 is 0 Å². The minimum absolute atomic E-state index is 0.0145. The molecule has 0 bridgehead atoms.